The van der Waals surface area contributed by atoms with Crippen LogP contribution in [0.4, 0.5) is 0 Å². The van der Waals surface area contributed by atoms with E-state index in [4.69, 9.17) is 0 Å². The number of aromatic nitrogens is 1. The third-order valence-electron chi connectivity index (χ3n) is 4.53. The van der Waals surface area contributed by atoms with Crippen molar-refractivity contribution in [2.24, 2.45) is 10.8 Å². The molecule has 2 fully saturated rings. The molecule has 3 rings (SSSR count). The van der Waals surface area contributed by atoms with Crippen molar-refractivity contribution in [1.82, 2.24) is 9.88 Å². The summed E-state index contributed by atoms with van der Waals surface area (Å²) < 4.78 is 0. The molecule has 7 heteroatoms. The SMILES string of the molecule is Cc1cccc(C(=O)N2C[C@@]3(C(=O)O)C[C@@]3(C(=O)O)C2)n1. The lowest BCUT2D eigenvalue weighted by molar-refractivity contribution is -0.151. The van der Waals surface area contributed by atoms with Crippen molar-refractivity contribution in [2.75, 3.05) is 13.1 Å². The van der Waals surface area contributed by atoms with E-state index in [9.17, 15) is 24.6 Å². The maximum absolute atomic E-state index is 12.4. The van der Waals surface area contributed by atoms with Gasteiger partial charge in [0, 0.05) is 18.8 Å². The molecule has 7 nitrogen and oxygen atoms in total. The van der Waals surface area contributed by atoms with E-state index < -0.39 is 28.7 Å². The molecular formula is C14H14N2O5. The van der Waals surface area contributed by atoms with Gasteiger partial charge in [-0.05, 0) is 25.5 Å². The molecule has 110 valence electrons. The van der Waals surface area contributed by atoms with Gasteiger partial charge in [-0.15, -0.1) is 0 Å². The van der Waals surface area contributed by atoms with Crippen LogP contribution >= 0.6 is 0 Å². The Bertz CT molecular complexity index is 645. The molecule has 2 aliphatic rings. The topological polar surface area (TPSA) is 108 Å². The van der Waals surface area contributed by atoms with Crippen LogP contribution in [0.25, 0.3) is 0 Å². The summed E-state index contributed by atoms with van der Waals surface area (Å²) in [6.07, 6.45) is 0.0791. The highest BCUT2D eigenvalue weighted by molar-refractivity contribution is 5.99. The van der Waals surface area contributed by atoms with E-state index in [0.29, 0.717) is 5.69 Å². The standard InChI is InChI=1S/C14H14N2O5/c1-8-3-2-4-9(15-8)10(17)16-6-13(11(18)19)5-14(13,7-16)12(20)21/h2-4H,5-7H2,1H3,(H,18,19)(H,20,21)/t13-,14+. The number of nitrogens with zero attached hydrogens (tertiary/aromatic N) is 2. The van der Waals surface area contributed by atoms with Crippen LogP contribution in [0.3, 0.4) is 0 Å². The van der Waals surface area contributed by atoms with E-state index in [1.807, 2.05) is 0 Å². The first kappa shape index (κ1) is 13.5. The van der Waals surface area contributed by atoms with E-state index in [1.54, 1.807) is 25.1 Å². The molecule has 1 saturated carbocycles. The van der Waals surface area contributed by atoms with Gasteiger partial charge in [-0.1, -0.05) is 6.07 Å². The van der Waals surface area contributed by atoms with Crippen LogP contribution in [0.5, 0.6) is 0 Å². The first-order valence-corrected chi connectivity index (χ1v) is 6.52. The highest BCUT2D eigenvalue weighted by atomic mass is 16.4. The second-order valence-corrected chi connectivity index (χ2v) is 5.78. The van der Waals surface area contributed by atoms with Gasteiger partial charge in [-0.2, -0.15) is 0 Å². The fourth-order valence-electron chi connectivity index (χ4n) is 3.26. The Kier molecular flexibility index (Phi) is 2.60. The van der Waals surface area contributed by atoms with Gasteiger partial charge in [-0.3, -0.25) is 14.4 Å². The number of carboxylic acid groups (broad SMARTS) is 2. The van der Waals surface area contributed by atoms with Gasteiger partial charge in [0.15, 0.2) is 0 Å². The lowest BCUT2D eigenvalue weighted by atomic mass is 9.97. The molecular weight excluding hydrogens is 276 g/mol. The average molecular weight is 290 g/mol. The van der Waals surface area contributed by atoms with Crippen molar-refractivity contribution >= 4 is 17.8 Å². The van der Waals surface area contributed by atoms with Crippen LogP contribution < -0.4 is 0 Å². The summed E-state index contributed by atoms with van der Waals surface area (Å²) in [4.78, 5) is 40.6. The monoisotopic (exact) mass is 290 g/mol. The number of rotatable bonds is 3. The Morgan fingerprint density at radius 1 is 1.14 bits per heavy atom. The molecule has 2 N–H and O–H groups in total. The van der Waals surface area contributed by atoms with E-state index in [2.05, 4.69) is 4.98 Å². The smallest absolute Gasteiger partial charge is 0.312 e. The molecule has 0 radical (unpaired) electrons. The minimum Gasteiger partial charge on any atom is -0.481 e. The number of amides is 1. The molecule has 1 amide bonds. The number of carboxylic acids is 2. The Hall–Kier alpha value is -2.44. The van der Waals surface area contributed by atoms with Crippen molar-refractivity contribution in [2.45, 2.75) is 13.3 Å². The van der Waals surface area contributed by atoms with Crippen molar-refractivity contribution in [1.29, 1.82) is 0 Å². The molecule has 0 aromatic carbocycles. The van der Waals surface area contributed by atoms with Crippen LogP contribution in [0, 0.1) is 17.8 Å². The molecule has 1 aliphatic carbocycles. The Morgan fingerprint density at radius 3 is 2.19 bits per heavy atom. The number of likely N-dealkylation sites (tertiary alicyclic amines) is 1. The minimum atomic E-state index is -1.35. The van der Waals surface area contributed by atoms with Gasteiger partial charge in [0.25, 0.3) is 5.91 Å². The van der Waals surface area contributed by atoms with Gasteiger partial charge in [-0.25, -0.2) is 4.98 Å². The number of piperidine rings is 1. The van der Waals surface area contributed by atoms with Crippen LogP contribution in [0.2, 0.25) is 0 Å². The maximum Gasteiger partial charge on any atom is 0.312 e. The Labute approximate surface area is 120 Å². The third kappa shape index (κ3) is 1.66. The quantitative estimate of drug-likeness (QED) is 0.833. The summed E-state index contributed by atoms with van der Waals surface area (Å²) >= 11 is 0. The maximum atomic E-state index is 12.4. The number of pyridine rings is 1. The zero-order valence-electron chi connectivity index (χ0n) is 11.4. The van der Waals surface area contributed by atoms with Gasteiger partial charge in [0.2, 0.25) is 0 Å². The Morgan fingerprint density at radius 2 is 1.71 bits per heavy atom. The molecule has 1 saturated heterocycles. The number of carbonyl (C=O) groups excluding carboxylic acids is 1. The molecule has 21 heavy (non-hydrogen) atoms. The average Bonchev–Trinajstić information content (AvgIpc) is 2.97. The first-order chi connectivity index (χ1) is 9.82. The van der Waals surface area contributed by atoms with Gasteiger partial charge in [0.05, 0.1) is 0 Å². The summed E-state index contributed by atoms with van der Waals surface area (Å²) in [7, 11) is 0. The predicted octanol–water partition coefficient (Wildman–Crippen LogP) is 0.392. The summed E-state index contributed by atoms with van der Waals surface area (Å²) in [6.45, 7) is 1.59. The molecule has 0 bridgehead atoms. The van der Waals surface area contributed by atoms with E-state index >= 15 is 0 Å². The number of carbonyl (C=O) groups is 3. The van der Waals surface area contributed by atoms with Crippen LogP contribution in [-0.4, -0.2) is 51.0 Å². The van der Waals surface area contributed by atoms with Crippen molar-refractivity contribution in [3.63, 3.8) is 0 Å². The number of hydrogen-bond acceptors (Lipinski definition) is 4. The number of fused-ring (bicyclic) bond motifs is 1. The van der Waals surface area contributed by atoms with Crippen molar-refractivity contribution in [3.8, 4) is 0 Å². The molecule has 2 heterocycles. The van der Waals surface area contributed by atoms with E-state index in [0.717, 1.165) is 0 Å². The van der Waals surface area contributed by atoms with Crippen LogP contribution in [0.1, 0.15) is 22.6 Å². The predicted molar refractivity (Wildman–Crippen MR) is 69.6 cm³/mol. The van der Waals surface area contributed by atoms with E-state index in [-0.39, 0.29) is 25.2 Å². The van der Waals surface area contributed by atoms with Crippen LogP contribution in [0.15, 0.2) is 18.2 Å². The first-order valence-electron chi connectivity index (χ1n) is 6.52. The second kappa shape index (κ2) is 4.03. The Balaban J connectivity index is 1.89. The summed E-state index contributed by atoms with van der Waals surface area (Å²) in [5.74, 6) is -2.73. The van der Waals surface area contributed by atoms with Crippen molar-refractivity contribution < 1.29 is 24.6 Å². The second-order valence-electron chi connectivity index (χ2n) is 5.78. The van der Waals surface area contributed by atoms with Gasteiger partial charge < -0.3 is 15.1 Å². The van der Waals surface area contributed by atoms with Gasteiger partial charge >= 0.3 is 11.9 Å². The fourth-order valence-corrected chi connectivity index (χ4v) is 3.26. The number of aryl methyl sites for hydroxylation is 1. The highest BCUT2D eigenvalue weighted by Gasteiger charge is 2.81. The molecule has 2 atom stereocenters. The molecule has 1 aromatic heterocycles. The molecule has 1 aliphatic heterocycles. The summed E-state index contributed by atoms with van der Waals surface area (Å²) in [5, 5.41) is 18.7. The van der Waals surface area contributed by atoms with Gasteiger partial charge in [0.1, 0.15) is 16.5 Å². The third-order valence-corrected chi connectivity index (χ3v) is 4.53. The normalized spacial score (nSPS) is 29.9. The van der Waals surface area contributed by atoms with Crippen molar-refractivity contribution in [3.05, 3.63) is 29.6 Å². The lowest BCUT2D eigenvalue weighted by Crippen LogP contribution is -2.35. The largest absolute Gasteiger partial charge is 0.481 e. The number of hydrogen-bond donors (Lipinski definition) is 2. The highest BCUT2D eigenvalue weighted by Crippen LogP contribution is 2.68. The molecule has 1 aromatic rings. The zero-order valence-corrected chi connectivity index (χ0v) is 11.4. The zero-order chi connectivity index (χ0) is 15.4. The minimum absolute atomic E-state index is 0.0791. The molecule has 0 unspecified atom stereocenters. The van der Waals surface area contributed by atoms with Crippen LogP contribution in [-0.2, 0) is 9.59 Å². The van der Waals surface area contributed by atoms with E-state index in [1.165, 1.54) is 4.90 Å². The summed E-state index contributed by atoms with van der Waals surface area (Å²) in [5.41, 5.74) is -1.82. The number of aliphatic carboxylic acids is 2. The molecule has 0 spiro atoms. The lowest BCUT2D eigenvalue weighted by Gasteiger charge is -2.19. The fraction of sp³-hybridized carbons (Fsp3) is 0.429. The summed E-state index contributed by atoms with van der Waals surface area (Å²) in [6, 6.07) is 4.97.